The zero-order valence-corrected chi connectivity index (χ0v) is 12.8. The molecule has 0 heterocycles. The van der Waals surface area contributed by atoms with Crippen LogP contribution >= 0.6 is 0 Å². The molecule has 0 saturated carbocycles. The van der Waals surface area contributed by atoms with Gasteiger partial charge in [-0.3, -0.25) is 4.79 Å². The van der Waals surface area contributed by atoms with Gasteiger partial charge in [0.25, 0.3) is 0 Å². The van der Waals surface area contributed by atoms with E-state index in [1.807, 2.05) is 13.8 Å². The van der Waals surface area contributed by atoms with Crippen molar-refractivity contribution in [2.75, 3.05) is 12.4 Å². The molecule has 0 bridgehead atoms. The molecule has 0 aliphatic rings. The van der Waals surface area contributed by atoms with Crippen LogP contribution in [-0.2, 0) is 14.9 Å². The fourth-order valence-corrected chi connectivity index (χ4v) is 1.84. The minimum Gasteiger partial charge on any atom is -0.469 e. The second kappa shape index (κ2) is 6.09. The van der Waals surface area contributed by atoms with Crippen molar-refractivity contribution in [2.24, 2.45) is 5.92 Å². The van der Waals surface area contributed by atoms with Crippen molar-refractivity contribution in [3.63, 3.8) is 0 Å². The van der Waals surface area contributed by atoms with Gasteiger partial charge in [0.1, 0.15) is 0 Å². The standard InChI is InChI=1S/C16H25NO2/c1-11(15(18)19-6)12(2)17-14-9-7-13(8-10-14)16(3,4)5/h7-12,17H,1-6H3. The first-order valence-electron chi connectivity index (χ1n) is 6.70. The summed E-state index contributed by atoms with van der Waals surface area (Å²) >= 11 is 0. The van der Waals surface area contributed by atoms with Gasteiger partial charge in [-0.1, -0.05) is 32.9 Å². The molecule has 1 rings (SSSR count). The van der Waals surface area contributed by atoms with E-state index in [9.17, 15) is 4.79 Å². The van der Waals surface area contributed by atoms with Gasteiger partial charge >= 0.3 is 5.97 Å². The zero-order valence-electron chi connectivity index (χ0n) is 12.8. The molecular formula is C16H25NO2. The Labute approximate surface area is 116 Å². The monoisotopic (exact) mass is 263 g/mol. The Morgan fingerprint density at radius 1 is 1.16 bits per heavy atom. The van der Waals surface area contributed by atoms with Crippen molar-refractivity contribution >= 4 is 11.7 Å². The van der Waals surface area contributed by atoms with Crippen molar-refractivity contribution in [1.82, 2.24) is 0 Å². The molecule has 1 N–H and O–H groups in total. The largest absolute Gasteiger partial charge is 0.469 e. The fourth-order valence-electron chi connectivity index (χ4n) is 1.84. The first-order valence-corrected chi connectivity index (χ1v) is 6.70. The molecule has 0 radical (unpaired) electrons. The van der Waals surface area contributed by atoms with E-state index in [1.54, 1.807) is 0 Å². The van der Waals surface area contributed by atoms with Crippen molar-refractivity contribution in [1.29, 1.82) is 0 Å². The summed E-state index contributed by atoms with van der Waals surface area (Å²) in [5, 5.41) is 3.33. The third kappa shape index (κ3) is 4.27. The first-order chi connectivity index (χ1) is 8.75. The average Bonchev–Trinajstić information content (AvgIpc) is 2.36. The number of rotatable bonds is 4. The lowest BCUT2D eigenvalue weighted by atomic mass is 9.87. The van der Waals surface area contributed by atoms with Crippen LogP contribution in [0.25, 0.3) is 0 Å². The first kappa shape index (κ1) is 15.5. The van der Waals surface area contributed by atoms with Gasteiger partial charge in [-0.15, -0.1) is 0 Å². The molecule has 0 aliphatic carbocycles. The van der Waals surface area contributed by atoms with Crippen LogP contribution in [0.4, 0.5) is 5.69 Å². The van der Waals surface area contributed by atoms with E-state index in [1.165, 1.54) is 12.7 Å². The summed E-state index contributed by atoms with van der Waals surface area (Å²) in [7, 11) is 1.42. The highest BCUT2D eigenvalue weighted by atomic mass is 16.5. The molecule has 106 valence electrons. The number of ether oxygens (including phenoxy) is 1. The number of esters is 1. The second-order valence-corrected chi connectivity index (χ2v) is 6.07. The second-order valence-electron chi connectivity index (χ2n) is 6.07. The summed E-state index contributed by atoms with van der Waals surface area (Å²) in [4.78, 5) is 11.5. The molecular weight excluding hydrogens is 238 g/mol. The van der Waals surface area contributed by atoms with Gasteiger partial charge in [0.2, 0.25) is 0 Å². The van der Waals surface area contributed by atoms with Crippen LogP contribution < -0.4 is 5.32 Å². The molecule has 0 aliphatic heterocycles. The highest BCUT2D eigenvalue weighted by Gasteiger charge is 2.20. The third-order valence-electron chi connectivity index (χ3n) is 3.47. The molecule has 0 amide bonds. The number of carbonyl (C=O) groups excluding carboxylic acids is 1. The van der Waals surface area contributed by atoms with Gasteiger partial charge in [-0.25, -0.2) is 0 Å². The van der Waals surface area contributed by atoms with E-state index in [0.717, 1.165) is 5.69 Å². The highest BCUT2D eigenvalue weighted by Crippen LogP contribution is 2.24. The summed E-state index contributed by atoms with van der Waals surface area (Å²) in [6.07, 6.45) is 0. The maximum atomic E-state index is 11.5. The van der Waals surface area contributed by atoms with Gasteiger partial charge in [0.05, 0.1) is 13.0 Å². The van der Waals surface area contributed by atoms with Crippen LogP contribution in [0.1, 0.15) is 40.2 Å². The van der Waals surface area contributed by atoms with Gasteiger partial charge < -0.3 is 10.1 Å². The molecule has 0 spiro atoms. The summed E-state index contributed by atoms with van der Waals surface area (Å²) in [5.74, 6) is -0.362. The smallest absolute Gasteiger partial charge is 0.310 e. The molecule has 19 heavy (non-hydrogen) atoms. The minimum atomic E-state index is -0.189. The Morgan fingerprint density at radius 3 is 2.11 bits per heavy atom. The third-order valence-corrected chi connectivity index (χ3v) is 3.47. The Balaban J connectivity index is 2.70. The van der Waals surface area contributed by atoms with Crippen LogP contribution in [0, 0.1) is 5.92 Å². The van der Waals surface area contributed by atoms with E-state index in [2.05, 4.69) is 50.4 Å². The Morgan fingerprint density at radius 2 is 1.68 bits per heavy atom. The molecule has 3 nitrogen and oxygen atoms in total. The average molecular weight is 263 g/mol. The van der Waals surface area contributed by atoms with E-state index in [0.29, 0.717) is 0 Å². The fraction of sp³-hybridized carbons (Fsp3) is 0.562. The maximum Gasteiger partial charge on any atom is 0.310 e. The number of methoxy groups -OCH3 is 1. The number of carbonyl (C=O) groups is 1. The summed E-state index contributed by atoms with van der Waals surface area (Å²) < 4.78 is 4.76. The predicted octanol–water partition coefficient (Wildman–Crippen LogP) is 3.59. The molecule has 2 atom stereocenters. The molecule has 2 unspecified atom stereocenters. The van der Waals surface area contributed by atoms with Crippen molar-refractivity contribution in [2.45, 2.75) is 46.1 Å². The topological polar surface area (TPSA) is 38.3 Å². The van der Waals surface area contributed by atoms with E-state index >= 15 is 0 Å². The lowest BCUT2D eigenvalue weighted by Crippen LogP contribution is -2.30. The molecule has 0 saturated heterocycles. The maximum absolute atomic E-state index is 11.5. The quantitative estimate of drug-likeness (QED) is 0.844. The lowest BCUT2D eigenvalue weighted by molar-refractivity contribution is -0.145. The number of hydrogen-bond donors (Lipinski definition) is 1. The van der Waals surface area contributed by atoms with E-state index in [4.69, 9.17) is 4.74 Å². The summed E-state index contributed by atoms with van der Waals surface area (Å²) in [6, 6.07) is 8.39. The van der Waals surface area contributed by atoms with Gasteiger partial charge in [-0.2, -0.15) is 0 Å². The SMILES string of the molecule is COC(=O)C(C)C(C)Nc1ccc(C(C)(C)C)cc1. The summed E-state index contributed by atoms with van der Waals surface area (Å²) in [6.45, 7) is 10.4. The molecule has 0 fully saturated rings. The van der Waals surface area contributed by atoms with Crippen LogP contribution in [-0.4, -0.2) is 19.1 Å². The number of anilines is 1. The van der Waals surface area contributed by atoms with Crippen LogP contribution in [0.2, 0.25) is 0 Å². The Bertz CT molecular complexity index is 417. The number of nitrogens with one attached hydrogen (secondary N) is 1. The minimum absolute atomic E-state index is 0.0351. The number of benzene rings is 1. The molecule has 1 aromatic carbocycles. The van der Waals surface area contributed by atoms with Crippen molar-refractivity contribution in [3.05, 3.63) is 29.8 Å². The normalized spacial score (nSPS) is 14.6. The molecule has 0 aromatic heterocycles. The summed E-state index contributed by atoms with van der Waals surface area (Å²) in [5.41, 5.74) is 2.48. The Hall–Kier alpha value is -1.51. The van der Waals surface area contributed by atoms with Gasteiger partial charge in [0.15, 0.2) is 0 Å². The number of hydrogen-bond acceptors (Lipinski definition) is 3. The van der Waals surface area contributed by atoms with E-state index < -0.39 is 0 Å². The van der Waals surface area contributed by atoms with Gasteiger partial charge in [-0.05, 0) is 37.0 Å². The van der Waals surface area contributed by atoms with Crippen LogP contribution in [0.3, 0.4) is 0 Å². The van der Waals surface area contributed by atoms with Crippen LogP contribution in [0.5, 0.6) is 0 Å². The van der Waals surface area contributed by atoms with Crippen LogP contribution in [0.15, 0.2) is 24.3 Å². The highest BCUT2D eigenvalue weighted by molar-refractivity contribution is 5.73. The molecule has 1 aromatic rings. The predicted molar refractivity (Wildman–Crippen MR) is 79.4 cm³/mol. The van der Waals surface area contributed by atoms with Crippen molar-refractivity contribution in [3.8, 4) is 0 Å². The van der Waals surface area contributed by atoms with Crippen molar-refractivity contribution < 1.29 is 9.53 Å². The lowest BCUT2D eigenvalue weighted by Gasteiger charge is -2.22. The van der Waals surface area contributed by atoms with E-state index in [-0.39, 0.29) is 23.3 Å². The molecule has 3 heteroatoms. The zero-order chi connectivity index (χ0) is 14.6. The Kier molecular flexibility index (Phi) is 4.98. The van der Waals surface area contributed by atoms with Gasteiger partial charge in [0, 0.05) is 11.7 Å².